The maximum Gasteiger partial charge on any atom is 0.258 e. The molecule has 3 aliphatic carbocycles. The Morgan fingerprint density at radius 2 is 1.87 bits per heavy atom. The molecule has 1 aliphatic heterocycles. The number of carbonyl (C=O) groups excluding carboxylic acids is 2. The van der Waals surface area contributed by atoms with E-state index in [-0.39, 0.29) is 35.5 Å². The number of aryl methyl sites for hydroxylation is 1. The summed E-state index contributed by atoms with van der Waals surface area (Å²) in [5.41, 5.74) is 2.75. The van der Waals surface area contributed by atoms with E-state index in [1.165, 1.54) is 5.56 Å². The number of rotatable bonds is 6. The van der Waals surface area contributed by atoms with Gasteiger partial charge >= 0.3 is 0 Å². The third kappa shape index (κ3) is 3.39. The summed E-state index contributed by atoms with van der Waals surface area (Å²) in [6.45, 7) is 1.86. The van der Waals surface area contributed by atoms with Gasteiger partial charge in [-0.2, -0.15) is 0 Å². The number of carbonyl (C=O) groups is 2. The molecular weight excluding hydrogens is 402 g/mol. The Morgan fingerprint density at radius 3 is 2.60 bits per heavy atom. The molecule has 30 heavy (non-hydrogen) atoms. The molecule has 3 N–H and O–H groups in total. The normalized spacial score (nSPS) is 27.7. The molecular formula is C23H24ClN3O3. The van der Waals surface area contributed by atoms with Crippen LogP contribution in [0.4, 0.5) is 5.69 Å². The molecule has 0 spiro atoms. The monoisotopic (exact) mass is 425 g/mol. The van der Waals surface area contributed by atoms with Gasteiger partial charge in [0.25, 0.3) is 5.91 Å². The van der Waals surface area contributed by atoms with Crippen LogP contribution in [0.5, 0.6) is 5.75 Å². The van der Waals surface area contributed by atoms with E-state index < -0.39 is 0 Å². The van der Waals surface area contributed by atoms with Gasteiger partial charge in [-0.15, -0.1) is 0 Å². The van der Waals surface area contributed by atoms with Crippen LogP contribution in [0.25, 0.3) is 0 Å². The lowest BCUT2D eigenvalue weighted by atomic mass is 9.44. The second-order valence-corrected chi connectivity index (χ2v) is 9.29. The number of halogens is 1. The van der Waals surface area contributed by atoms with Crippen LogP contribution in [0.1, 0.15) is 30.4 Å². The standard InChI is InChI=1S/C23H24ClN3O3/c1-14-8-16(6-7-17(14)24)30-10-20(28)26-22-11-23(12-22,13-22)27-21(29)19-9-15-4-2-3-5-18(15)25-19/h2-8,19,25H,9-13H2,1H3,(H,26,28)(H,27,29)/t19-,22?,23?/m1/s1. The molecule has 3 fully saturated rings. The minimum absolute atomic E-state index is 0.0345. The molecule has 0 aromatic heterocycles. The quantitative estimate of drug-likeness (QED) is 0.664. The second kappa shape index (κ2) is 6.91. The van der Waals surface area contributed by atoms with Crippen LogP contribution in [-0.2, 0) is 16.0 Å². The first-order chi connectivity index (χ1) is 14.4. The van der Waals surface area contributed by atoms with Crippen molar-refractivity contribution in [2.75, 3.05) is 11.9 Å². The Bertz CT molecular complexity index is 993. The summed E-state index contributed by atoms with van der Waals surface area (Å²) in [5.74, 6) is 0.515. The molecule has 0 radical (unpaired) electrons. The van der Waals surface area contributed by atoms with Gasteiger partial charge in [0.1, 0.15) is 11.8 Å². The van der Waals surface area contributed by atoms with Crippen LogP contribution in [-0.4, -0.2) is 35.5 Å². The minimum atomic E-state index is -0.224. The van der Waals surface area contributed by atoms with E-state index in [9.17, 15) is 9.59 Å². The number of para-hydroxylation sites is 1. The van der Waals surface area contributed by atoms with Crippen LogP contribution in [0, 0.1) is 6.92 Å². The molecule has 2 aromatic carbocycles. The van der Waals surface area contributed by atoms with Gasteiger partial charge in [-0.1, -0.05) is 29.8 Å². The first kappa shape index (κ1) is 19.2. The zero-order valence-electron chi connectivity index (χ0n) is 16.8. The average molecular weight is 426 g/mol. The molecule has 3 saturated carbocycles. The van der Waals surface area contributed by atoms with E-state index in [1.807, 2.05) is 31.2 Å². The zero-order chi connectivity index (χ0) is 20.9. The van der Waals surface area contributed by atoms with E-state index in [0.29, 0.717) is 17.2 Å². The summed E-state index contributed by atoms with van der Waals surface area (Å²) >= 11 is 6.01. The van der Waals surface area contributed by atoms with Gasteiger partial charge in [-0.25, -0.2) is 0 Å². The molecule has 2 amide bonds. The molecule has 6 nitrogen and oxygen atoms in total. The number of anilines is 1. The highest BCUT2D eigenvalue weighted by molar-refractivity contribution is 6.31. The molecule has 2 aromatic rings. The first-order valence-electron chi connectivity index (χ1n) is 10.2. The van der Waals surface area contributed by atoms with Crippen LogP contribution < -0.4 is 20.7 Å². The van der Waals surface area contributed by atoms with Crippen molar-refractivity contribution in [3.05, 3.63) is 58.6 Å². The number of amides is 2. The fourth-order valence-corrected chi connectivity index (χ4v) is 5.16. The maximum absolute atomic E-state index is 12.7. The van der Waals surface area contributed by atoms with E-state index in [4.69, 9.17) is 16.3 Å². The second-order valence-electron chi connectivity index (χ2n) is 8.89. The van der Waals surface area contributed by atoms with Crippen LogP contribution in [0.15, 0.2) is 42.5 Å². The molecule has 2 bridgehead atoms. The van der Waals surface area contributed by atoms with Crippen molar-refractivity contribution in [3.8, 4) is 5.75 Å². The highest BCUT2D eigenvalue weighted by atomic mass is 35.5. The fraction of sp³-hybridized carbons (Fsp3) is 0.391. The van der Waals surface area contributed by atoms with E-state index in [2.05, 4.69) is 22.0 Å². The van der Waals surface area contributed by atoms with Gasteiger partial charge in [-0.05, 0) is 61.6 Å². The van der Waals surface area contributed by atoms with E-state index >= 15 is 0 Å². The third-order valence-electron chi connectivity index (χ3n) is 6.41. The molecule has 7 heteroatoms. The largest absolute Gasteiger partial charge is 0.484 e. The summed E-state index contributed by atoms with van der Waals surface area (Å²) in [7, 11) is 0. The highest BCUT2D eigenvalue weighted by Crippen LogP contribution is 2.60. The fourth-order valence-electron chi connectivity index (χ4n) is 5.05. The predicted molar refractivity (Wildman–Crippen MR) is 115 cm³/mol. The predicted octanol–water partition coefficient (Wildman–Crippen LogP) is 2.97. The maximum atomic E-state index is 12.7. The lowest BCUT2D eigenvalue weighted by Crippen LogP contribution is -2.84. The lowest BCUT2D eigenvalue weighted by Gasteiger charge is -2.70. The van der Waals surface area contributed by atoms with Gasteiger partial charge in [-0.3, -0.25) is 9.59 Å². The SMILES string of the molecule is Cc1cc(OCC(=O)NC23CC(NC(=O)[C@H]4Cc5ccccc5N4)(C2)C3)ccc1Cl. The molecule has 1 atom stereocenters. The molecule has 0 saturated heterocycles. The van der Waals surface area contributed by atoms with Crippen molar-refractivity contribution >= 4 is 29.1 Å². The van der Waals surface area contributed by atoms with Crippen molar-refractivity contribution < 1.29 is 14.3 Å². The Kier molecular flexibility index (Phi) is 4.43. The average Bonchev–Trinajstić information content (AvgIpc) is 3.10. The number of benzene rings is 2. The third-order valence-corrected chi connectivity index (χ3v) is 6.83. The first-order valence-corrected chi connectivity index (χ1v) is 10.6. The molecule has 6 rings (SSSR count). The van der Waals surface area contributed by atoms with E-state index in [0.717, 1.165) is 30.5 Å². The molecule has 0 unspecified atom stereocenters. The molecule has 156 valence electrons. The summed E-state index contributed by atoms with van der Waals surface area (Å²) in [6, 6.07) is 13.1. The Morgan fingerprint density at radius 1 is 1.13 bits per heavy atom. The summed E-state index contributed by atoms with van der Waals surface area (Å²) in [4.78, 5) is 25.0. The van der Waals surface area contributed by atoms with Crippen molar-refractivity contribution in [1.82, 2.24) is 10.6 Å². The number of fused-ring (bicyclic) bond motifs is 1. The highest BCUT2D eigenvalue weighted by Gasteiger charge is 2.69. The topological polar surface area (TPSA) is 79.5 Å². The number of hydrogen-bond acceptors (Lipinski definition) is 4. The smallest absolute Gasteiger partial charge is 0.258 e. The zero-order valence-corrected chi connectivity index (χ0v) is 17.5. The van der Waals surface area contributed by atoms with Crippen molar-refractivity contribution in [2.24, 2.45) is 0 Å². The summed E-state index contributed by atoms with van der Waals surface area (Å²) in [5, 5.41) is 10.3. The van der Waals surface area contributed by atoms with Gasteiger partial charge in [0.2, 0.25) is 5.91 Å². The van der Waals surface area contributed by atoms with Gasteiger partial charge < -0.3 is 20.7 Å². The summed E-state index contributed by atoms with van der Waals surface area (Å²) < 4.78 is 5.57. The number of hydrogen-bond donors (Lipinski definition) is 3. The lowest BCUT2D eigenvalue weighted by molar-refractivity contribution is -0.150. The van der Waals surface area contributed by atoms with Crippen molar-refractivity contribution in [1.29, 1.82) is 0 Å². The van der Waals surface area contributed by atoms with Crippen molar-refractivity contribution in [2.45, 2.75) is 49.7 Å². The van der Waals surface area contributed by atoms with E-state index in [1.54, 1.807) is 12.1 Å². The summed E-state index contributed by atoms with van der Waals surface area (Å²) in [6.07, 6.45) is 3.03. The Balaban J connectivity index is 1.07. The number of nitrogens with one attached hydrogen (secondary N) is 3. The van der Waals surface area contributed by atoms with Gasteiger partial charge in [0, 0.05) is 28.2 Å². The van der Waals surface area contributed by atoms with Crippen LogP contribution in [0.3, 0.4) is 0 Å². The minimum Gasteiger partial charge on any atom is -0.484 e. The van der Waals surface area contributed by atoms with Crippen LogP contribution >= 0.6 is 11.6 Å². The molecule has 4 aliphatic rings. The van der Waals surface area contributed by atoms with Gasteiger partial charge in [0.15, 0.2) is 6.61 Å². The number of ether oxygens (including phenoxy) is 1. The van der Waals surface area contributed by atoms with Crippen LogP contribution in [0.2, 0.25) is 5.02 Å². The Hall–Kier alpha value is -2.73. The molecule has 1 heterocycles. The Labute approximate surface area is 180 Å². The van der Waals surface area contributed by atoms with Crippen molar-refractivity contribution in [3.63, 3.8) is 0 Å². The van der Waals surface area contributed by atoms with Gasteiger partial charge in [0.05, 0.1) is 0 Å².